The van der Waals surface area contributed by atoms with Gasteiger partial charge in [-0.3, -0.25) is 4.79 Å². The average molecular weight is 301 g/mol. The first-order chi connectivity index (χ1) is 10.7. The second kappa shape index (κ2) is 8.27. The maximum Gasteiger partial charge on any atom is 0.220 e. The van der Waals surface area contributed by atoms with E-state index in [0.717, 1.165) is 41.9 Å². The van der Waals surface area contributed by atoms with Crippen molar-refractivity contribution in [2.24, 2.45) is 0 Å². The Kier molecular flexibility index (Phi) is 6.07. The maximum absolute atomic E-state index is 11.8. The minimum absolute atomic E-state index is 0.0907. The first-order valence-electron chi connectivity index (χ1n) is 7.61. The highest BCUT2D eigenvalue weighted by Gasteiger charge is 2.04. The van der Waals surface area contributed by atoms with Crippen molar-refractivity contribution in [1.82, 2.24) is 5.32 Å². The Balaban J connectivity index is 1.66. The molecule has 0 atom stereocenters. The summed E-state index contributed by atoms with van der Waals surface area (Å²) in [5, 5.41) is 2.95. The van der Waals surface area contributed by atoms with Gasteiger partial charge in [0.05, 0.1) is 13.4 Å². The largest absolute Gasteiger partial charge is 0.496 e. The van der Waals surface area contributed by atoms with Crippen LogP contribution in [0.3, 0.4) is 0 Å². The molecule has 2 aromatic rings. The number of nitrogens with one attached hydrogen (secondary N) is 1. The molecule has 4 nitrogen and oxygen atoms in total. The molecule has 0 radical (unpaired) electrons. The lowest BCUT2D eigenvalue weighted by atomic mass is 10.1. The third-order valence-corrected chi connectivity index (χ3v) is 3.60. The molecule has 1 aromatic carbocycles. The molecule has 0 unspecified atom stereocenters. The number of methoxy groups -OCH3 is 1. The van der Waals surface area contributed by atoms with Crippen LogP contribution in [0.5, 0.6) is 5.75 Å². The molecule has 2 rings (SSSR count). The third-order valence-electron chi connectivity index (χ3n) is 3.60. The lowest BCUT2D eigenvalue weighted by molar-refractivity contribution is -0.121. The quantitative estimate of drug-likeness (QED) is 0.761. The second-order valence-electron chi connectivity index (χ2n) is 5.34. The summed E-state index contributed by atoms with van der Waals surface area (Å²) >= 11 is 0. The van der Waals surface area contributed by atoms with Crippen molar-refractivity contribution in [1.29, 1.82) is 0 Å². The lowest BCUT2D eigenvalue weighted by Gasteiger charge is -2.08. The van der Waals surface area contributed by atoms with Crippen LogP contribution < -0.4 is 10.1 Å². The summed E-state index contributed by atoms with van der Waals surface area (Å²) in [6.45, 7) is 2.69. The molecule has 0 spiro atoms. The standard InChI is InChI=1S/C18H23NO3/c1-14-13-15(7-9-17(14)21-2)8-10-18(20)19-11-3-5-16-6-4-12-22-16/h4,6-7,9,12-13H,3,5,8,10-11H2,1-2H3,(H,19,20). The topological polar surface area (TPSA) is 51.5 Å². The predicted molar refractivity (Wildman–Crippen MR) is 86.1 cm³/mol. The van der Waals surface area contributed by atoms with E-state index in [1.54, 1.807) is 13.4 Å². The minimum Gasteiger partial charge on any atom is -0.496 e. The molecule has 0 fully saturated rings. The molecule has 1 aromatic heterocycles. The SMILES string of the molecule is COc1ccc(CCC(=O)NCCCc2ccco2)cc1C. The van der Waals surface area contributed by atoms with E-state index < -0.39 is 0 Å². The number of hydrogen-bond acceptors (Lipinski definition) is 3. The van der Waals surface area contributed by atoms with Gasteiger partial charge in [0, 0.05) is 19.4 Å². The number of carbonyl (C=O) groups excluding carboxylic acids is 1. The van der Waals surface area contributed by atoms with Gasteiger partial charge in [0.15, 0.2) is 0 Å². The number of benzene rings is 1. The molecule has 0 saturated heterocycles. The van der Waals surface area contributed by atoms with Crippen LogP contribution in [0.25, 0.3) is 0 Å². The summed E-state index contributed by atoms with van der Waals surface area (Å²) in [5.74, 6) is 1.93. The van der Waals surface area contributed by atoms with Crippen LogP contribution in [0, 0.1) is 6.92 Å². The Morgan fingerprint density at radius 2 is 2.14 bits per heavy atom. The fourth-order valence-electron chi connectivity index (χ4n) is 2.39. The Morgan fingerprint density at radius 3 is 2.82 bits per heavy atom. The van der Waals surface area contributed by atoms with E-state index in [0.29, 0.717) is 13.0 Å². The van der Waals surface area contributed by atoms with Crippen LogP contribution in [-0.2, 0) is 17.6 Å². The first-order valence-corrected chi connectivity index (χ1v) is 7.61. The number of carbonyl (C=O) groups is 1. The fraction of sp³-hybridized carbons (Fsp3) is 0.389. The van der Waals surface area contributed by atoms with Crippen molar-refractivity contribution < 1.29 is 13.9 Å². The van der Waals surface area contributed by atoms with Gasteiger partial charge in [0.1, 0.15) is 11.5 Å². The van der Waals surface area contributed by atoms with E-state index in [1.165, 1.54) is 0 Å². The van der Waals surface area contributed by atoms with Gasteiger partial charge in [-0.2, -0.15) is 0 Å². The number of amides is 1. The lowest BCUT2D eigenvalue weighted by Crippen LogP contribution is -2.24. The van der Waals surface area contributed by atoms with E-state index in [4.69, 9.17) is 9.15 Å². The number of aryl methyl sites for hydroxylation is 3. The number of rotatable bonds is 8. The van der Waals surface area contributed by atoms with Crippen LogP contribution in [0.1, 0.15) is 29.7 Å². The number of furan rings is 1. The van der Waals surface area contributed by atoms with Gasteiger partial charge in [0.25, 0.3) is 0 Å². The summed E-state index contributed by atoms with van der Waals surface area (Å²) in [4.78, 5) is 11.8. The van der Waals surface area contributed by atoms with Crippen LogP contribution in [0.2, 0.25) is 0 Å². The molecule has 0 aliphatic heterocycles. The summed E-state index contributed by atoms with van der Waals surface area (Å²) in [6, 6.07) is 9.86. The van der Waals surface area contributed by atoms with Crippen molar-refractivity contribution in [2.45, 2.75) is 32.6 Å². The fourth-order valence-corrected chi connectivity index (χ4v) is 2.39. The van der Waals surface area contributed by atoms with Gasteiger partial charge in [-0.1, -0.05) is 12.1 Å². The minimum atomic E-state index is 0.0907. The first kappa shape index (κ1) is 16.1. The molecular weight excluding hydrogens is 278 g/mol. The maximum atomic E-state index is 11.8. The third kappa shape index (κ3) is 4.95. The Morgan fingerprint density at radius 1 is 1.27 bits per heavy atom. The zero-order valence-electron chi connectivity index (χ0n) is 13.2. The highest BCUT2D eigenvalue weighted by Crippen LogP contribution is 2.19. The number of hydrogen-bond donors (Lipinski definition) is 1. The zero-order chi connectivity index (χ0) is 15.8. The molecule has 1 heterocycles. The molecule has 0 aliphatic rings. The molecule has 4 heteroatoms. The molecule has 0 saturated carbocycles. The Hall–Kier alpha value is -2.23. The van der Waals surface area contributed by atoms with Gasteiger partial charge in [-0.15, -0.1) is 0 Å². The van der Waals surface area contributed by atoms with Crippen LogP contribution in [0.15, 0.2) is 41.0 Å². The van der Waals surface area contributed by atoms with Gasteiger partial charge >= 0.3 is 0 Å². The highest BCUT2D eigenvalue weighted by molar-refractivity contribution is 5.76. The van der Waals surface area contributed by atoms with E-state index in [-0.39, 0.29) is 5.91 Å². The van der Waals surface area contributed by atoms with E-state index in [1.807, 2.05) is 31.2 Å². The summed E-state index contributed by atoms with van der Waals surface area (Å²) < 4.78 is 10.5. The van der Waals surface area contributed by atoms with Crippen molar-refractivity contribution >= 4 is 5.91 Å². The van der Waals surface area contributed by atoms with Crippen LogP contribution in [-0.4, -0.2) is 19.6 Å². The van der Waals surface area contributed by atoms with Gasteiger partial charge in [0.2, 0.25) is 5.91 Å². The molecular formula is C18H23NO3. The summed E-state index contributed by atoms with van der Waals surface area (Å²) in [6.07, 6.45) is 4.66. The predicted octanol–water partition coefficient (Wildman–Crippen LogP) is 3.28. The smallest absolute Gasteiger partial charge is 0.220 e. The average Bonchev–Trinajstić information content (AvgIpc) is 3.03. The van der Waals surface area contributed by atoms with Crippen molar-refractivity contribution in [3.63, 3.8) is 0 Å². The van der Waals surface area contributed by atoms with Gasteiger partial charge < -0.3 is 14.5 Å². The molecule has 1 N–H and O–H groups in total. The molecule has 0 bridgehead atoms. The van der Waals surface area contributed by atoms with E-state index in [9.17, 15) is 4.79 Å². The van der Waals surface area contributed by atoms with Gasteiger partial charge in [-0.05, 0) is 49.1 Å². The van der Waals surface area contributed by atoms with E-state index in [2.05, 4.69) is 11.4 Å². The highest BCUT2D eigenvalue weighted by atomic mass is 16.5. The summed E-state index contributed by atoms with van der Waals surface area (Å²) in [5.41, 5.74) is 2.25. The second-order valence-corrected chi connectivity index (χ2v) is 5.34. The van der Waals surface area contributed by atoms with Gasteiger partial charge in [-0.25, -0.2) is 0 Å². The number of ether oxygens (including phenoxy) is 1. The monoisotopic (exact) mass is 301 g/mol. The molecule has 1 amide bonds. The molecule has 0 aliphatic carbocycles. The Bertz CT molecular complexity index is 590. The van der Waals surface area contributed by atoms with E-state index >= 15 is 0 Å². The normalized spacial score (nSPS) is 10.5. The van der Waals surface area contributed by atoms with Crippen LogP contribution in [0.4, 0.5) is 0 Å². The van der Waals surface area contributed by atoms with Crippen LogP contribution >= 0.6 is 0 Å². The van der Waals surface area contributed by atoms with Crippen molar-refractivity contribution in [3.8, 4) is 5.75 Å². The van der Waals surface area contributed by atoms with Crippen molar-refractivity contribution in [2.75, 3.05) is 13.7 Å². The molecule has 22 heavy (non-hydrogen) atoms. The Labute approximate surface area is 131 Å². The summed E-state index contributed by atoms with van der Waals surface area (Å²) in [7, 11) is 1.66. The molecule has 118 valence electrons. The van der Waals surface area contributed by atoms with Crippen molar-refractivity contribution in [3.05, 3.63) is 53.5 Å². The zero-order valence-corrected chi connectivity index (χ0v) is 13.2.